The fourth-order valence-electron chi connectivity index (χ4n) is 1.40. The third-order valence-electron chi connectivity index (χ3n) is 2.07. The molecule has 2 aromatic rings. The molecule has 2 nitrogen and oxygen atoms in total. The third kappa shape index (κ3) is 1.47. The van der Waals surface area contributed by atoms with Crippen LogP contribution in [-0.2, 0) is 0 Å². The first-order chi connectivity index (χ1) is 7.33. The number of benzene rings is 1. The van der Waals surface area contributed by atoms with Crippen LogP contribution in [-0.4, -0.2) is 4.98 Å². The number of fused-ring (bicyclic) bond motifs is 2. The first-order valence-corrected chi connectivity index (χ1v) is 5.25. The summed E-state index contributed by atoms with van der Waals surface area (Å²) in [7, 11) is 0. The molecule has 0 aliphatic carbocycles. The Labute approximate surface area is 90.1 Å². The third-order valence-corrected chi connectivity index (χ3v) is 3.13. The molecule has 4 heteroatoms. The van der Waals surface area contributed by atoms with E-state index in [0.29, 0.717) is 11.5 Å². The van der Waals surface area contributed by atoms with Gasteiger partial charge in [0.2, 0.25) is 0 Å². The molecule has 0 N–H and O–H groups in total. The van der Waals surface area contributed by atoms with Gasteiger partial charge in [0, 0.05) is 12.3 Å². The van der Waals surface area contributed by atoms with E-state index in [1.807, 2.05) is 6.07 Å². The van der Waals surface area contributed by atoms with Gasteiger partial charge in [-0.15, -0.1) is 0 Å². The summed E-state index contributed by atoms with van der Waals surface area (Å²) in [5.41, 5.74) is 0. The largest absolute Gasteiger partial charge is 0.453 e. The maximum absolute atomic E-state index is 13.0. The number of pyridine rings is 1. The average Bonchev–Trinajstić information content (AvgIpc) is 2.26. The molecule has 0 fully saturated rings. The van der Waals surface area contributed by atoms with Crippen LogP contribution in [0.5, 0.6) is 11.5 Å². The van der Waals surface area contributed by atoms with Crippen LogP contribution in [0.15, 0.2) is 46.5 Å². The van der Waals surface area contributed by atoms with Crippen molar-refractivity contribution in [1.29, 1.82) is 0 Å². The van der Waals surface area contributed by atoms with E-state index in [4.69, 9.17) is 4.74 Å². The zero-order valence-electron chi connectivity index (χ0n) is 7.61. The van der Waals surface area contributed by atoms with Gasteiger partial charge in [-0.1, -0.05) is 11.8 Å². The van der Waals surface area contributed by atoms with E-state index in [9.17, 15) is 4.39 Å². The maximum atomic E-state index is 13.0. The molecule has 0 saturated carbocycles. The topological polar surface area (TPSA) is 22.1 Å². The summed E-state index contributed by atoms with van der Waals surface area (Å²) < 4.78 is 18.5. The Hall–Kier alpha value is -1.55. The molecular weight excluding hydrogens is 213 g/mol. The Balaban J connectivity index is 2.11. The van der Waals surface area contributed by atoms with Crippen LogP contribution in [0.3, 0.4) is 0 Å². The average molecular weight is 219 g/mol. The Kier molecular flexibility index (Phi) is 1.89. The van der Waals surface area contributed by atoms with Gasteiger partial charge >= 0.3 is 0 Å². The second-order valence-corrected chi connectivity index (χ2v) is 4.13. The van der Waals surface area contributed by atoms with Crippen molar-refractivity contribution < 1.29 is 9.13 Å². The molecule has 0 bridgehead atoms. The van der Waals surface area contributed by atoms with Crippen molar-refractivity contribution in [2.45, 2.75) is 9.92 Å². The number of ether oxygens (including phenoxy) is 1. The minimum atomic E-state index is -0.290. The monoisotopic (exact) mass is 219 g/mol. The van der Waals surface area contributed by atoms with Gasteiger partial charge in [-0.3, -0.25) is 0 Å². The first kappa shape index (κ1) is 8.73. The van der Waals surface area contributed by atoms with E-state index in [-0.39, 0.29) is 5.82 Å². The van der Waals surface area contributed by atoms with Crippen molar-refractivity contribution in [3.63, 3.8) is 0 Å². The van der Waals surface area contributed by atoms with E-state index in [1.165, 1.54) is 23.9 Å². The molecule has 0 atom stereocenters. The van der Waals surface area contributed by atoms with Gasteiger partial charge in [0.05, 0.1) is 4.90 Å². The zero-order chi connectivity index (χ0) is 10.3. The summed E-state index contributed by atoms with van der Waals surface area (Å²) in [6.45, 7) is 0. The number of hydrogen-bond donors (Lipinski definition) is 0. The Morgan fingerprint density at radius 3 is 3.07 bits per heavy atom. The van der Waals surface area contributed by atoms with Crippen LogP contribution in [0.25, 0.3) is 0 Å². The fourth-order valence-corrected chi connectivity index (χ4v) is 2.27. The lowest BCUT2D eigenvalue weighted by atomic mass is 10.3. The van der Waals surface area contributed by atoms with Gasteiger partial charge < -0.3 is 4.74 Å². The molecule has 74 valence electrons. The zero-order valence-corrected chi connectivity index (χ0v) is 8.42. The highest BCUT2D eigenvalue weighted by Crippen LogP contribution is 2.45. The van der Waals surface area contributed by atoms with Gasteiger partial charge in [0.1, 0.15) is 16.6 Å². The maximum Gasteiger partial charge on any atom is 0.160 e. The van der Waals surface area contributed by atoms with Gasteiger partial charge in [-0.2, -0.15) is 0 Å². The Morgan fingerprint density at radius 2 is 2.13 bits per heavy atom. The molecule has 15 heavy (non-hydrogen) atoms. The summed E-state index contributed by atoms with van der Waals surface area (Å²) in [5, 5.41) is 0.816. The predicted octanol–water partition coefficient (Wildman–Crippen LogP) is 3.48. The minimum Gasteiger partial charge on any atom is -0.453 e. The van der Waals surface area contributed by atoms with E-state index in [2.05, 4.69) is 4.98 Å². The number of aromatic nitrogens is 1. The normalized spacial score (nSPS) is 12.6. The van der Waals surface area contributed by atoms with E-state index < -0.39 is 0 Å². The van der Waals surface area contributed by atoms with Crippen molar-refractivity contribution in [3.05, 3.63) is 42.3 Å². The molecule has 1 aliphatic heterocycles. The van der Waals surface area contributed by atoms with Gasteiger partial charge in [-0.05, 0) is 24.3 Å². The van der Waals surface area contributed by atoms with E-state index in [1.54, 1.807) is 18.3 Å². The molecule has 0 radical (unpaired) electrons. The highest BCUT2D eigenvalue weighted by atomic mass is 32.2. The number of hydrogen-bond acceptors (Lipinski definition) is 3. The molecule has 0 amide bonds. The van der Waals surface area contributed by atoms with Crippen molar-refractivity contribution in [2.24, 2.45) is 0 Å². The number of halogens is 1. The molecule has 1 aliphatic rings. The van der Waals surface area contributed by atoms with Crippen molar-refractivity contribution in [3.8, 4) is 11.5 Å². The standard InChI is InChI=1S/C11H6FNOS/c12-7-3-4-10-9(6-7)14-8-2-1-5-13-11(8)15-10/h1-6H. The second kappa shape index (κ2) is 3.24. The Bertz CT molecular complexity index is 530. The summed E-state index contributed by atoms with van der Waals surface area (Å²) in [6.07, 6.45) is 1.71. The highest BCUT2D eigenvalue weighted by Gasteiger charge is 2.18. The van der Waals surface area contributed by atoms with Crippen LogP contribution in [0.1, 0.15) is 0 Å². The van der Waals surface area contributed by atoms with Crippen LogP contribution in [0.4, 0.5) is 4.39 Å². The Morgan fingerprint density at radius 1 is 1.20 bits per heavy atom. The molecule has 1 aromatic carbocycles. The van der Waals surface area contributed by atoms with Crippen LogP contribution < -0.4 is 4.74 Å². The smallest absolute Gasteiger partial charge is 0.160 e. The summed E-state index contributed by atoms with van der Waals surface area (Å²) in [5.74, 6) is 0.947. The number of nitrogens with zero attached hydrogens (tertiary/aromatic N) is 1. The second-order valence-electron chi connectivity index (χ2n) is 3.10. The highest BCUT2D eigenvalue weighted by molar-refractivity contribution is 7.99. The van der Waals surface area contributed by atoms with E-state index >= 15 is 0 Å². The molecular formula is C11H6FNOS. The SMILES string of the molecule is Fc1ccc2c(c1)Oc1cccnc1S2. The van der Waals surface area contributed by atoms with Gasteiger partial charge in [0.15, 0.2) is 5.75 Å². The van der Waals surface area contributed by atoms with Crippen molar-refractivity contribution in [1.82, 2.24) is 4.98 Å². The van der Waals surface area contributed by atoms with Crippen LogP contribution in [0, 0.1) is 5.82 Å². The molecule has 0 spiro atoms. The van der Waals surface area contributed by atoms with E-state index in [0.717, 1.165) is 9.92 Å². The summed E-state index contributed by atoms with van der Waals surface area (Å²) >= 11 is 1.49. The molecule has 2 heterocycles. The fraction of sp³-hybridized carbons (Fsp3) is 0. The lowest BCUT2D eigenvalue weighted by molar-refractivity contribution is 0.444. The molecule has 3 rings (SSSR count). The predicted molar refractivity (Wildman–Crippen MR) is 54.8 cm³/mol. The first-order valence-electron chi connectivity index (χ1n) is 4.43. The van der Waals surface area contributed by atoms with Crippen LogP contribution in [0.2, 0.25) is 0 Å². The quantitative estimate of drug-likeness (QED) is 0.578. The molecule has 0 unspecified atom stereocenters. The van der Waals surface area contributed by atoms with Gasteiger partial charge in [0.25, 0.3) is 0 Å². The lowest BCUT2D eigenvalue weighted by Crippen LogP contribution is -1.96. The van der Waals surface area contributed by atoms with Crippen molar-refractivity contribution in [2.75, 3.05) is 0 Å². The summed E-state index contributed by atoms with van der Waals surface area (Å²) in [4.78, 5) is 5.08. The molecule has 1 aromatic heterocycles. The van der Waals surface area contributed by atoms with Crippen molar-refractivity contribution >= 4 is 11.8 Å². The van der Waals surface area contributed by atoms with Gasteiger partial charge in [-0.25, -0.2) is 9.37 Å². The number of rotatable bonds is 0. The van der Waals surface area contributed by atoms with Crippen LogP contribution >= 0.6 is 11.8 Å². The minimum absolute atomic E-state index is 0.290. The molecule has 0 saturated heterocycles. The lowest BCUT2D eigenvalue weighted by Gasteiger charge is -2.17. The summed E-state index contributed by atoms with van der Waals surface area (Å²) in [6, 6.07) is 8.13.